The molecule has 0 aliphatic carbocycles. The number of nitrogens with one attached hydrogen (secondary N) is 1. The van der Waals surface area contributed by atoms with Gasteiger partial charge in [-0.2, -0.15) is 5.10 Å². The maximum absolute atomic E-state index is 12.1. The molecule has 0 saturated heterocycles. The first kappa shape index (κ1) is 14.8. The largest absolute Gasteiger partial charge is 0.508 e. The lowest BCUT2D eigenvalue weighted by Gasteiger charge is -2.14. The molecule has 2 heterocycles. The Morgan fingerprint density at radius 3 is 2.79 bits per heavy atom. The highest BCUT2D eigenvalue weighted by Crippen LogP contribution is 2.42. The second-order valence-electron chi connectivity index (χ2n) is 5.53. The maximum atomic E-state index is 12.1. The molecule has 0 radical (unpaired) electrons. The summed E-state index contributed by atoms with van der Waals surface area (Å²) in [5, 5.41) is 17.1. The van der Waals surface area contributed by atoms with Crippen molar-refractivity contribution in [3.8, 4) is 11.4 Å². The number of carbonyl (C=O) groups excluding carboxylic acids is 1. The van der Waals surface area contributed by atoms with E-state index in [1.54, 1.807) is 23.0 Å². The molecule has 3 aromatic rings. The van der Waals surface area contributed by atoms with Gasteiger partial charge in [-0.05, 0) is 29.8 Å². The molecule has 0 spiro atoms. The lowest BCUT2D eigenvalue weighted by Crippen LogP contribution is -2.15. The summed E-state index contributed by atoms with van der Waals surface area (Å²) in [6.07, 6.45) is 1.79. The second-order valence-corrected chi connectivity index (χ2v) is 6.62. The van der Waals surface area contributed by atoms with Crippen molar-refractivity contribution in [2.24, 2.45) is 0 Å². The molecule has 5 nitrogen and oxygen atoms in total. The van der Waals surface area contributed by atoms with Crippen LogP contribution in [-0.4, -0.2) is 26.5 Å². The summed E-state index contributed by atoms with van der Waals surface area (Å²) in [6, 6.07) is 16.8. The Labute approximate surface area is 143 Å². The van der Waals surface area contributed by atoms with Gasteiger partial charge in [0.05, 0.1) is 22.9 Å². The molecular formula is C18H15N3O2S. The van der Waals surface area contributed by atoms with Crippen LogP contribution in [0, 0.1) is 0 Å². The van der Waals surface area contributed by atoms with E-state index in [9.17, 15) is 9.90 Å². The van der Waals surface area contributed by atoms with Crippen molar-refractivity contribution >= 4 is 23.5 Å². The van der Waals surface area contributed by atoms with Crippen molar-refractivity contribution in [2.75, 3.05) is 11.1 Å². The molecule has 2 aromatic carbocycles. The fourth-order valence-corrected chi connectivity index (χ4v) is 3.90. The zero-order chi connectivity index (χ0) is 16.5. The molecule has 1 aliphatic rings. The van der Waals surface area contributed by atoms with Crippen LogP contribution < -0.4 is 5.32 Å². The average Bonchev–Trinajstić information content (AvgIpc) is 2.92. The summed E-state index contributed by atoms with van der Waals surface area (Å²) < 4.78 is 1.74. The van der Waals surface area contributed by atoms with E-state index in [4.69, 9.17) is 0 Å². The maximum Gasteiger partial charge on any atom is 0.235 e. The van der Waals surface area contributed by atoms with Gasteiger partial charge in [-0.1, -0.05) is 30.3 Å². The van der Waals surface area contributed by atoms with Crippen LogP contribution in [0.4, 0.5) is 5.82 Å². The Morgan fingerprint density at radius 1 is 1.17 bits per heavy atom. The number of aromatic nitrogens is 2. The highest BCUT2D eigenvalue weighted by atomic mass is 32.2. The highest BCUT2D eigenvalue weighted by Gasteiger charge is 2.28. The summed E-state index contributed by atoms with van der Waals surface area (Å²) >= 11 is 1.53. The van der Waals surface area contributed by atoms with E-state index < -0.39 is 0 Å². The van der Waals surface area contributed by atoms with Gasteiger partial charge in [0.1, 0.15) is 11.6 Å². The number of phenolic OH excluding ortho intramolecular Hbond substituents is 1. The van der Waals surface area contributed by atoms with Crippen molar-refractivity contribution in [2.45, 2.75) is 5.25 Å². The smallest absolute Gasteiger partial charge is 0.235 e. The number of benzene rings is 2. The van der Waals surface area contributed by atoms with Crippen molar-refractivity contribution in [1.82, 2.24) is 9.78 Å². The lowest BCUT2D eigenvalue weighted by atomic mass is 10.1. The molecule has 120 valence electrons. The molecule has 1 aliphatic heterocycles. The van der Waals surface area contributed by atoms with E-state index in [0.717, 1.165) is 16.8 Å². The predicted octanol–water partition coefficient (Wildman–Crippen LogP) is 3.35. The predicted molar refractivity (Wildman–Crippen MR) is 94.6 cm³/mol. The highest BCUT2D eigenvalue weighted by molar-refractivity contribution is 8.00. The van der Waals surface area contributed by atoms with Crippen LogP contribution in [0.3, 0.4) is 0 Å². The first-order chi connectivity index (χ1) is 11.7. The number of anilines is 1. The standard InChI is InChI=1S/C18H15N3O2S/c22-14-8-4-5-12(9-14)17-15-10-19-21(13-6-2-1-3-7-13)18(15)20-16(23)11-24-17/h1-10,17,22H,11H2,(H,20,23)/t17-/m0/s1. The van der Waals surface area contributed by atoms with E-state index in [1.807, 2.05) is 42.5 Å². The second kappa shape index (κ2) is 6.05. The molecule has 24 heavy (non-hydrogen) atoms. The molecular weight excluding hydrogens is 322 g/mol. The Kier molecular flexibility index (Phi) is 3.74. The van der Waals surface area contributed by atoms with Crippen molar-refractivity contribution < 1.29 is 9.90 Å². The number of phenols is 1. The third-order valence-electron chi connectivity index (χ3n) is 3.89. The summed E-state index contributed by atoms with van der Waals surface area (Å²) in [5.74, 6) is 1.20. The van der Waals surface area contributed by atoms with Crippen LogP contribution in [0.15, 0.2) is 60.8 Å². The summed E-state index contributed by atoms with van der Waals surface area (Å²) in [5.41, 5.74) is 2.77. The lowest BCUT2D eigenvalue weighted by molar-refractivity contribution is -0.113. The molecule has 0 unspecified atom stereocenters. The minimum atomic E-state index is -0.0662. The summed E-state index contributed by atoms with van der Waals surface area (Å²) in [6.45, 7) is 0. The number of rotatable bonds is 2. The number of carbonyl (C=O) groups is 1. The number of hydrogen-bond donors (Lipinski definition) is 2. The quantitative estimate of drug-likeness (QED) is 0.752. The van der Waals surface area contributed by atoms with E-state index in [2.05, 4.69) is 10.4 Å². The number of amides is 1. The SMILES string of the molecule is O=C1CS[C@@H](c2cccc(O)c2)c2cnn(-c3ccccc3)c2N1. The number of para-hydroxylation sites is 1. The minimum absolute atomic E-state index is 0.0541. The molecule has 1 atom stereocenters. The molecule has 0 saturated carbocycles. The third kappa shape index (κ3) is 2.65. The van der Waals surface area contributed by atoms with Crippen LogP contribution >= 0.6 is 11.8 Å². The Hall–Kier alpha value is -2.73. The molecule has 0 bridgehead atoms. The molecule has 1 amide bonds. The van der Waals surface area contributed by atoms with Crippen molar-refractivity contribution in [3.05, 3.63) is 71.9 Å². The number of aromatic hydroxyl groups is 1. The summed E-state index contributed by atoms with van der Waals surface area (Å²) in [4.78, 5) is 12.1. The molecule has 2 N–H and O–H groups in total. The van der Waals surface area contributed by atoms with Crippen LogP contribution in [0.25, 0.3) is 5.69 Å². The zero-order valence-corrected chi connectivity index (χ0v) is 13.5. The minimum Gasteiger partial charge on any atom is -0.508 e. The number of hydrogen-bond acceptors (Lipinski definition) is 4. The molecule has 0 fully saturated rings. The van der Waals surface area contributed by atoms with E-state index >= 15 is 0 Å². The Balaban J connectivity index is 1.84. The molecule has 1 aromatic heterocycles. The molecule has 4 rings (SSSR count). The normalized spacial score (nSPS) is 17.0. The van der Waals surface area contributed by atoms with E-state index in [-0.39, 0.29) is 16.9 Å². The Morgan fingerprint density at radius 2 is 2.00 bits per heavy atom. The fourth-order valence-electron chi connectivity index (χ4n) is 2.82. The monoisotopic (exact) mass is 337 g/mol. The number of nitrogens with zero attached hydrogens (tertiary/aromatic N) is 2. The fraction of sp³-hybridized carbons (Fsp3) is 0.111. The van der Waals surface area contributed by atoms with Gasteiger partial charge >= 0.3 is 0 Å². The Bertz CT molecular complexity index is 892. The average molecular weight is 337 g/mol. The zero-order valence-electron chi connectivity index (χ0n) is 12.7. The number of fused-ring (bicyclic) bond motifs is 1. The van der Waals surface area contributed by atoms with Gasteiger partial charge in [0.2, 0.25) is 5.91 Å². The topological polar surface area (TPSA) is 67.1 Å². The first-order valence-electron chi connectivity index (χ1n) is 7.56. The van der Waals surface area contributed by atoms with Gasteiger partial charge in [-0.15, -0.1) is 11.8 Å². The van der Waals surface area contributed by atoms with Crippen molar-refractivity contribution in [1.29, 1.82) is 0 Å². The molecule has 6 heteroatoms. The van der Waals surface area contributed by atoms with Crippen LogP contribution in [0.2, 0.25) is 0 Å². The van der Waals surface area contributed by atoms with Gasteiger partial charge < -0.3 is 10.4 Å². The van der Waals surface area contributed by atoms with Crippen LogP contribution in [0.1, 0.15) is 16.4 Å². The van der Waals surface area contributed by atoms with Crippen LogP contribution in [0.5, 0.6) is 5.75 Å². The van der Waals surface area contributed by atoms with Crippen LogP contribution in [-0.2, 0) is 4.79 Å². The van der Waals surface area contributed by atoms with E-state index in [1.165, 1.54) is 11.8 Å². The van der Waals surface area contributed by atoms with Gasteiger partial charge in [0.15, 0.2) is 0 Å². The first-order valence-corrected chi connectivity index (χ1v) is 8.61. The number of thioether (sulfide) groups is 1. The summed E-state index contributed by atoms with van der Waals surface area (Å²) in [7, 11) is 0. The van der Waals surface area contributed by atoms with Gasteiger partial charge in [0, 0.05) is 5.56 Å². The van der Waals surface area contributed by atoms with E-state index in [0.29, 0.717) is 11.6 Å². The van der Waals surface area contributed by atoms with Gasteiger partial charge in [0.25, 0.3) is 0 Å². The third-order valence-corrected chi connectivity index (χ3v) is 5.18. The van der Waals surface area contributed by atoms with Gasteiger partial charge in [-0.3, -0.25) is 4.79 Å². The van der Waals surface area contributed by atoms with Crippen molar-refractivity contribution in [3.63, 3.8) is 0 Å². The van der Waals surface area contributed by atoms with Gasteiger partial charge in [-0.25, -0.2) is 4.68 Å².